The van der Waals surface area contributed by atoms with Crippen LogP contribution in [0.4, 0.5) is 4.39 Å². The maximum Gasteiger partial charge on any atom is 0.353 e. The summed E-state index contributed by atoms with van der Waals surface area (Å²) in [5, 5.41) is 5.60. The molecule has 154 valence electrons. The molecule has 2 aromatic carbocycles. The van der Waals surface area contributed by atoms with Crippen molar-refractivity contribution in [2.75, 3.05) is 13.7 Å². The van der Waals surface area contributed by atoms with E-state index in [1.54, 1.807) is 41.8 Å². The molecule has 0 aliphatic carbocycles. The van der Waals surface area contributed by atoms with Crippen LogP contribution in [0.25, 0.3) is 0 Å². The van der Waals surface area contributed by atoms with Crippen molar-refractivity contribution in [2.45, 2.75) is 0 Å². The molecule has 0 aliphatic heterocycles. The van der Waals surface area contributed by atoms with Crippen molar-refractivity contribution in [2.24, 2.45) is 5.10 Å². The van der Waals surface area contributed by atoms with Crippen LogP contribution in [0.3, 0.4) is 0 Å². The van der Waals surface area contributed by atoms with Crippen molar-refractivity contribution in [3.63, 3.8) is 0 Å². The smallest absolute Gasteiger partial charge is 0.353 e. The number of carbonyl (C=O) groups excluding carboxylic acids is 2. The first-order chi connectivity index (χ1) is 14.6. The van der Waals surface area contributed by atoms with Crippen LogP contribution in [0.15, 0.2) is 65.1 Å². The molecule has 3 rings (SSSR count). The van der Waals surface area contributed by atoms with Gasteiger partial charge in [0, 0.05) is 0 Å². The minimum Gasteiger partial charge on any atom is -0.493 e. The van der Waals surface area contributed by atoms with E-state index in [-0.39, 0.29) is 18.1 Å². The van der Waals surface area contributed by atoms with Gasteiger partial charge < -0.3 is 14.2 Å². The third-order valence-electron chi connectivity index (χ3n) is 3.71. The molecule has 0 aliphatic rings. The second-order valence-electron chi connectivity index (χ2n) is 5.79. The van der Waals surface area contributed by atoms with E-state index in [1.807, 2.05) is 0 Å². The van der Waals surface area contributed by atoms with Gasteiger partial charge in [0.25, 0.3) is 5.91 Å². The van der Waals surface area contributed by atoms with Crippen LogP contribution in [0.2, 0.25) is 0 Å². The van der Waals surface area contributed by atoms with Crippen molar-refractivity contribution < 1.29 is 28.2 Å². The summed E-state index contributed by atoms with van der Waals surface area (Å²) in [7, 11) is 1.45. The number of benzene rings is 2. The number of rotatable bonds is 8. The fourth-order valence-corrected chi connectivity index (χ4v) is 2.91. The molecule has 30 heavy (non-hydrogen) atoms. The molecule has 7 nitrogen and oxygen atoms in total. The summed E-state index contributed by atoms with van der Waals surface area (Å²) in [5.41, 5.74) is 2.88. The number of methoxy groups -OCH3 is 1. The first-order valence-electron chi connectivity index (χ1n) is 8.70. The van der Waals surface area contributed by atoms with Crippen LogP contribution >= 0.6 is 11.3 Å². The highest BCUT2D eigenvalue weighted by Crippen LogP contribution is 2.28. The van der Waals surface area contributed by atoms with Crippen LogP contribution in [0, 0.1) is 5.82 Å². The minimum absolute atomic E-state index is 0.0194. The first kappa shape index (κ1) is 21.0. The highest BCUT2D eigenvalue weighted by Gasteiger charge is 2.13. The molecule has 0 atom stereocenters. The van der Waals surface area contributed by atoms with Gasteiger partial charge in [-0.05, 0) is 47.3 Å². The van der Waals surface area contributed by atoms with Crippen molar-refractivity contribution in [1.29, 1.82) is 0 Å². The van der Waals surface area contributed by atoms with Gasteiger partial charge in [-0.2, -0.15) is 5.10 Å². The lowest BCUT2D eigenvalue weighted by molar-refractivity contribution is -0.123. The predicted octanol–water partition coefficient (Wildman–Crippen LogP) is 3.64. The van der Waals surface area contributed by atoms with Gasteiger partial charge >= 0.3 is 5.97 Å². The van der Waals surface area contributed by atoms with Gasteiger partial charge in [-0.3, -0.25) is 4.79 Å². The molecule has 0 spiro atoms. The number of hydrogen-bond donors (Lipinski definition) is 1. The van der Waals surface area contributed by atoms with Gasteiger partial charge in [-0.15, -0.1) is 11.3 Å². The van der Waals surface area contributed by atoms with Crippen molar-refractivity contribution >= 4 is 29.4 Å². The number of halogens is 1. The predicted molar refractivity (Wildman–Crippen MR) is 110 cm³/mol. The maximum absolute atomic E-state index is 13.4. The third kappa shape index (κ3) is 5.65. The molecule has 0 bridgehead atoms. The van der Waals surface area contributed by atoms with E-state index in [2.05, 4.69) is 10.5 Å². The Balaban J connectivity index is 1.55. The lowest BCUT2D eigenvalue weighted by Gasteiger charge is -2.09. The zero-order chi connectivity index (χ0) is 21.3. The van der Waals surface area contributed by atoms with Crippen LogP contribution in [0.1, 0.15) is 15.2 Å². The summed E-state index contributed by atoms with van der Waals surface area (Å²) in [5.74, 6) is -1.02. The fourth-order valence-electron chi connectivity index (χ4n) is 2.31. The number of nitrogens with zero attached hydrogens (tertiary/aromatic N) is 1. The van der Waals surface area contributed by atoms with Gasteiger partial charge in [0.2, 0.25) is 0 Å². The molecule has 3 aromatic rings. The number of esters is 1. The van der Waals surface area contributed by atoms with Crippen LogP contribution in [-0.4, -0.2) is 31.8 Å². The normalized spacial score (nSPS) is 10.6. The number of thiophene rings is 1. The summed E-state index contributed by atoms with van der Waals surface area (Å²) >= 11 is 1.28. The summed E-state index contributed by atoms with van der Waals surface area (Å²) < 4.78 is 29.1. The monoisotopic (exact) mass is 428 g/mol. The summed E-state index contributed by atoms with van der Waals surface area (Å²) in [6, 6.07) is 14.0. The molecular weight excluding hydrogens is 411 g/mol. The van der Waals surface area contributed by atoms with Crippen LogP contribution < -0.4 is 19.6 Å². The van der Waals surface area contributed by atoms with Crippen LogP contribution in [0.5, 0.6) is 17.2 Å². The minimum atomic E-state index is -0.555. The first-order valence-corrected chi connectivity index (χ1v) is 9.57. The number of amides is 1. The Labute approximate surface area is 175 Å². The topological polar surface area (TPSA) is 86.2 Å². The molecule has 0 unspecified atom stereocenters. The van der Waals surface area contributed by atoms with Gasteiger partial charge in [0.05, 0.1) is 13.3 Å². The summed E-state index contributed by atoms with van der Waals surface area (Å²) in [6.07, 6.45) is 1.38. The molecule has 1 amide bonds. The van der Waals surface area contributed by atoms with Gasteiger partial charge in [-0.25, -0.2) is 14.6 Å². The number of nitrogens with one attached hydrogen (secondary N) is 1. The third-order valence-corrected chi connectivity index (χ3v) is 4.56. The maximum atomic E-state index is 13.4. The molecule has 1 N–H and O–H groups in total. The lowest BCUT2D eigenvalue weighted by Crippen LogP contribution is -2.24. The molecule has 0 fully saturated rings. The Morgan fingerprint density at radius 3 is 2.67 bits per heavy atom. The zero-order valence-electron chi connectivity index (χ0n) is 15.8. The van der Waals surface area contributed by atoms with Crippen LogP contribution in [-0.2, 0) is 4.79 Å². The van der Waals surface area contributed by atoms with Gasteiger partial charge in [0.15, 0.2) is 29.7 Å². The number of hydrazone groups is 1. The van der Waals surface area contributed by atoms with Crippen molar-refractivity contribution in [3.05, 3.63) is 76.2 Å². The molecular formula is C21H17FN2O5S. The van der Waals surface area contributed by atoms with Crippen molar-refractivity contribution in [1.82, 2.24) is 5.43 Å². The molecule has 0 saturated carbocycles. The second-order valence-corrected chi connectivity index (χ2v) is 6.74. The van der Waals surface area contributed by atoms with E-state index < -0.39 is 17.7 Å². The fraction of sp³-hybridized carbons (Fsp3) is 0.0952. The summed E-state index contributed by atoms with van der Waals surface area (Å²) in [6.45, 7) is -0.390. The quantitative estimate of drug-likeness (QED) is 0.256. The Hall–Kier alpha value is -3.72. The molecule has 0 saturated heterocycles. The lowest BCUT2D eigenvalue weighted by atomic mass is 10.2. The second kappa shape index (κ2) is 10.2. The van der Waals surface area contributed by atoms with E-state index in [9.17, 15) is 14.0 Å². The zero-order valence-corrected chi connectivity index (χ0v) is 16.6. The Morgan fingerprint density at radius 1 is 1.10 bits per heavy atom. The molecule has 1 heterocycles. The van der Waals surface area contributed by atoms with E-state index in [0.717, 1.165) is 0 Å². The highest BCUT2D eigenvalue weighted by molar-refractivity contribution is 7.12. The molecule has 0 radical (unpaired) electrons. The Bertz CT molecular complexity index is 1050. The summed E-state index contributed by atoms with van der Waals surface area (Å²) in [4.78, 5) is 24.3. The Morgan fingerprint density at radius 2 is 1.93 bits per heavy atom. The van der Waals surface area contributed by atoms with E-state index in [1.165, 1.54) is 42.9 Å². The van der Waals surface area contributed by atoms with Gasteiger partial charge in [-0.1, -0.05) is 18.2 Å². The van der Waals surface area contributed by atoms with E-state index in [4.69, 9.17) is 14.2 Å². The SMILES string of the molecule is COc1cc(/C=N/NC(=O)COc2ccccc2F)ccc1OC(=O)c1cccs1. The number of ether oxygens (including phenoxy) is 3. The average Bonchev–Trinajstić information content (AvgIpc) is 3.29. The number of hydrogen-bond acceptors (Lipinski definition) is 7. The van der Waals surface area contributed by atoms with E-state index >= 15 is 0 Å². The number of carbonyl (C=O) groups is 2. The van der Waals surface area contributed by atoms with Gasteiger partial charge in [0.1, 0.15) is 4.88 Å². The number of para-hydroxylation sites is 1. The standard InChI is InChI=1S/C21H17FN2O5S/c1-27-18-11-14(8-9-17(18)29-21(26)19-7-4-10-30-19)12-23-24-20(25)13-28-16-6-3-2-5-15(16)22/h2-12H,13H2,1H3,(H,24,25)/b23-12+. The van der Waals surface area contributed by atoms with Crippen molar-refractivity contribution in [3.8, 4) is 17.2 Å². The molecule has 9 heteroatoms. The average molecular weight is 428 g/mol. The molecule has 1 aromatic heterocycles. The Kier molecular flexibility index (Phi) is 7.12. The van der Waals surface area contributed by atoms with E-state index in [0.29, 0.717) is 16.2 Å². The largest absolute Gasteiger partial charge is 0.493 e. The highest BCUT2D eigenvalue weighted by atomic mass is 32.1.